The molecule has 1 N–H and O–H groups in total. The van der Waals surface area contributed by atoms with Gasteiger partial charge in [-0.3, -0.25) is 4.79 Å². The number of aromatic hydroxyl groups is 1. The Morgan fingerprint density at radius 1 is 1.31 bits per heavy atom. The Kier molecular flexibility index (Phi) is 4.95. The molecule has 0 spiro atoms. The largest absolute Gasteiger partial charge is 0.508 e. The van der Waals surface area contributed by atoms with Crippen LogP contribution in [0.5, 0.6) is 5.75 Å². The van der Waals surface area contributed by atoms with Gasteiger partial charge in [0.15, 0.2) is 0 Å². The van der Waals surface area contributed by atoms with Crippen molar-refractivity contribution in [1.82, 2.24) is 10.1 Å². The van der Waals surface area contributed by atoms with Crippen molar-refractivity contribution in [2.24, 2.45) is 0 Å². The number of aryl methyl sites for hydroxylation is 1. The summed E-state index contributed by atoms with van der Waals surface area (Å²) >= 11 is 6.10. The quantitative estimate of drug-likeness (QED) is 0.734. The summed E-state index contributed by atoms with van der Waals surface area (Å²) in [5.74, 6) is -0.590. The van der Waals surface area contributed by atoms with Gasteiger partial charge in [-0.25, -0.2) is 4.39 Å². The van der Waals surface area contributed by atoms with Crippen LogP contribution in [0.3, 0.4) is 0 Å². The molecule has 3 rings (SSSR count). The van der Waals surface area contributed by atoms with Crippen molar-refractivity contribution >= 4 is 17.5 Å². The molecule has 0 radical (unpaired) electrons. The molecule has 134 valence electrons. The van der Waals surface area contributed by atoms with Crippen molar-refractivity contribution in [3.8, 4) is 17.0 Å². The summed E-state index contributed by atoms with van der Waals surface area (Å²) in [4.78, 5) is 14.4. The molecule has 1 amide bonds. The van der Waals surface area contributed by atoms with Crippen LogP contribution in [0.4, 0.5) is 4.39 Å². The second-order valence-corrected chi connectivity index (χ2v) is 6.30. The Labute approximate surface area is 154 Å². The molecule has 7 heteroatoms. The zero-order valence-electron chi connectivity index (χ0n) is 14.2. The number of nitrogens with zero attached hydrogens (tertiary/aromatic N) is 2. The number of hydrogen-bond acceptors (Lipinski definition) is 4. The van der Waals surface area contributed by atoms with Gasteiger partial charge in [-0.05, 0) is 36.8 Å². The summed E-state index contributed by atoms with van der Waals surface area (Å²) in [6.45, 7) is 1.84. The number of carbonyl (C=O) groups is 1. The predicted octanol–water partition coefficient (Wildman–Crippen LogP) is 4.42. The van der Waals surface area contributed by atoms with Gasteiger partial charge >= 0.3 is 0 Å². The van der Waals surface area contributed by atoms with E-state index in [1.54, 1.807) is 38.2 Å². The standard InChI is InChI=1S/C19H16ClFN2O3/c1-11-16(18(22-26-11)17-14(20)7-4-8-15(17)21)19(25)23(2)10-12-5-3-6-13(24)9-12/h3-9,24H,10H2,1-2H3. The number of aromatic nitrogens is 1. The van der Waals surface area contributed by atoms with Gasteiger partial charge in [0, 0.05) is 13.6 Å². The molecule has 5 nitrogen and oxygen atoms in total. The molecular formula is C19H16ClFN2O3. The van der Waals surface area contributed by atoms with Crippen molar-refractivity contribution in [2.75, 3.05) is 7.05 Å². The van der Waals surface area contributed by atoms with Crippen molar-refractivity contribution < 1.29 is 18.8 Å². The smallest absolute Gasteiger partial charge is 0.259 e. The molecule has 0 unspecified atom stereocenters. The normalized spacial score (nSPS) is 10.8. The fourth-order valence-electron chi connectivity index (χ4n) is 2.71. The Morgan fingerprint density at radius 3 is 2.73 bits per heavy atom. The van der Waals surface area contributed by atoms with Gasteiger partial charge in [-0.15, -0.1) is 0 Å². The van der Waals surface area contributed by atoms with Gasteiger partial charge in [0.2, 0.25) is 0 Å². The topological polar surface area (TPSA) is 66.6 Å². The van der Waals surface area contributed by atoms with E-state index >= 15 is 0 Å². The number of rotatable bonds is 4. The zero-order valence-corrected chi connectivity index (χ0v) is 14.9. The molecule has 0 aliphatic rings. The highest BCUT2D eigenvalue weighted by molar-refractivity contribution is 6.33. The second kappa shape index (κ2) is 7.17. The van der Waals surface area contributed by atoms with E-state index < -0.39 is 5.82 Å². The lowest BCUT2D eigenvalue weighted by molar-refractivity contribution is 0.0784. The summed E-state index contributed by atoms with van der Waals surface area (Å²) < 4.78 is 19.4. The first kappa shape index (κ1) is 17.9. The van der Waals surface area contributed by atoms with Crippen LogP contribution in [0.2, 0.25) is 5.02 Å². The molecule has 3 aromatic rings. The molecule has 1 aromatic heterocycles. The summed E-state index contributed by atoms with van der Waals surface area (Å²) in [6.07, 6.45) is 0. The number of hydrogen-bond donors (Lipinski definition) is 1. The number of benzene rings is 2. The highest BCUT2D eigenvalue weighted by Crippen LogP contribution is 2.34. The molecule has 26 heavy (non-hydrogen) atoms. The van der Waals surface area contributed by atoms with E-state index in [-0.39, 0.29) is 45.8 Å². The van der Waals surface area contributed by atoms with Crippen LogP contribution in [0.1, 0.15) is 21.7 Å². The van der Waals surface area contributed by atoms with Crippen molar-refractivity contribution in [3.63, 3.8) is 0 Å². The van der Waals surface area contributed by atoms with E-state index in [0.29, 0.717) is 0 Å². The molecular weight excluding hydrogens is 359 g/mol. The minimum atomic E-state index is -0.588. The Bertz CT molecular complexity index is 951. The average Bonchev–Trinajstić information content (AvgIpc) is 2.95. The molecule has 0 aliphatic carbocycles. The molecule has 2 aromatic carbocycles. The fourth-order valence-corrected chi connectivity index (χ4v) is 2.96. The SMILES string of the molecule is Cc1onc(-c2c(F)cccc2Cl)c1C(=O)N(C)Cc1cccc(O)c1. The van der Waals surface area contributed by atoms with Crippen LogP contribution in [0.25, 0.3) is 11.3 Å². The summed E-state index contributed by atoms with van der Waals surface area (Å²) in [7, 11) is 1.60. The van der Waals surface area contributed by atoms with Crippen LogP contribution < -0.4 is 0 Å². The van der Waals surface area contributed by atoms with Crippen LogP contribution in [0, 0.1) is 12.7 Å². The third-order valence-corrected chi connectivity index (χ3v) is 4.27. The molecule has 0 bridgehead atoms. The van der Waals surface area contributed by atoms with Gasteiger partial charge in [-0.1, -0.05) is 35.0 Å². The monoisotopic (exact) mass is 374 g/mol. The lowest BCUT2D eigenvalue weighted by Gasteiger charge is -2.17. The lowest BCUT2D eigenvalue weighted by atomic mass is 10.0. The van der Waals surface area contributed by atoms with Crippen LogP contribution in [-0.4, -0.2) is 28.1 Å². The zero-order chi connectivity index (χ0) is 18.8. The van der Waals surface area contributed by atoms with Gasteiger partial charge in [0.25, 0.3) is 5.91 Å². The number of halogens is 2. The van der Waals surface area contributed by atoms with Gasteiger partial charge in [0.05, 0.1) is 10.6 Å². The van der Waals surface area contributed by atoms with Crippen molar-refractivity contribution in [3.05, 3.63) is 70.2 Å². The first-order chi connectivity index (χ1) is 12.4. The minimum absolute atomic E-state index is 0.0279. The molecule has 0 aliphatic heterocycles. The van der Waals surface area contributed by atoms with E-state index in [1.807, 2.05) is 0 Å². The summed E-state index contributed by atoms with van der Waals surface area (Å²) in [5, 5.41) is 13.5. The van der Waals surface area contributed by atoms with Gasteiger partial charge in [0.1, 0.15) is 28.6 Å². The molecule has 0 saturated carbocycles. The molecule has 0 saturated heterocycles. The fraction of sp³-hybridized carbons (Fsp3) is 0.158. The second-order valence-electron chi connectivity index (χ2n) is 5.89. The Balaban J connectivity index is 1.97. The van der Waals surface area contributed by atoms with Crippen LogP contribution in [0.15, 0.2) is 47.0 Å². The maximum atomic E-state index is 14.3. The third-order valence-electron chi connectivity index (χ3n) is 3.95. The highest BCUT2D eigenvalue weighted by Gasteiger charge is 2.27. The van der Waals surface area contributed by atoms with E-state index in [9.17, 15) is 14.3 Å². The van der Waals surface area contributed by atoms with Crippen molar-refractivity contribution in [1.29, 1.82) is 0 Å². The van der Waals surface area contributed by atoms with E-state index in [1.165, 1.54) is 23.1 Å². The minimum Gasteiger partial charge on any atom is -0.508 e. The molecule has 1 heterocycles. The average molecular weight is 375 g/mol. The molecule has 0 atom stereocenters. The molecule has 0 fully saturated rings. The van der Waals surface area contributed by atoms with Crippen LogP contribution >= 0.6 is 11.6 Å². The Hall–Kier alpha value is -2.86. The van der Waals surface area contributed by atoms with E-state index in [2.05, 4.69) is 5.16 Å². The Morgan fingerprint density at radius 2 is 2.04 bits per heavy atom. The number of carbonyl (C=O) groups excluding carboxylic acids is 1. The number of phenolic OH excluding ortho intramolecular Hbond substituents is 1. The highest BCUT2D eigenvalue weighted by atomic mass is 35.5. The maximum absolute atomic E-state index is 14.3. The van der Waals surface area contributed by atoms with E-state index in [0.717, 1.165) is 5.56 Å². The van der Waals surface area contributed by atoms with Crippen LogP contribution in [-0.2, 0) is 6.54 Å². The summed E-state index contributed by atoms with van der Waals surface area (Å²) in [5.41, 5.74) is 0.999. The predicted molar refractivity (Wildman–Crippen MR) is 95.5 cm³/mol. The van der Waals surface area contributed by atoms with Gasteiger partial charge < -0.3 is 14.5 Å². The first-order valence-corrected chi connectivity index (χ1v) is 8.20. The third kappa shape index (κ3) is 3.41. The number of phenols is 1. The lowest BCUT2D eigenvalue weighted by Crippen LogP contribution is -2.27. The maximum Gasteiger partial charge on any atom is 0.259 e. The van der Waals surface area contributed by atoms with Gasteiger partial charge in [-0.2, -0.15) is 0 Å². The number of amides is 1. The van der Waals surface area contributed by atoms with E-state index in [4.69, 9.17) is 16.1 Å². The van der Waals surface area contributed by atoms with Crippen molar-refractivity contribution in [2.45, 2.75) is 13.5 Å². The summed E-state index contributed by atoms with van der Waals surface area (Å²) in [6, 6.07) is 10.8. The first-order valence-electron chi connectivity index (χ1n) is 7.82.